The van der Waals surface area contributed by atoms with Crippen LogP contribution in [-0.4, -0.2) is 0 Å². The lowest BCUT2D eigenvalue weighted by Gasteiger charge is -2.20. The molecule has 0 radical (unpaired) electrons. The van der Waals surface area contributed by atoms with Gasteiger partial charge in [0.15, 0.2) is 0 Å². The topological polar surface area (TPSA) is 0 Å². The maximum atomic E-state index is 2.42. The van der Waals surface area contributed by atoms with Gasteiger partial charge in [0.1, 0.15) is 0 Å². The summed E-state index contributed by atoms with van der Waals surface area (Å²) < 4.78 is 0. The van der Waals surface area contributed by atoms with E-state index in [-0.39, 0.29) is 0 Å². The lowest BCUT2D eigenvalue weighted by atomic mass is 9.83. The minimum absolute atomic E-state index is 1.22. The van der Waals surface area contributed by atoms with Crippen molar-refractivity contribution in [2.24, 2.45) is 0 Å². The molecule has 0 saturated carbocycles. The van der Waals surface area contributed by atoms with Crippen molar-refractivity contribution in [1.29, 1.82) is 0 Å². The SMILES string of the molecule is Cc1ccc2cc(-c3ccc(-c4c5ccccc5c(-c5ccccc5)c5ccccc45)c4ccc(-c5ccc6ccccc6c5)cc34)ccc2c1. The van der Waals surface area contributed by atoms with Crippen molar-refractivity contribution >= 4 is 53.9 Å². The molecule has 0 aromatic heterocycles. The average molecular weight is 647 g/mol. The van der Waals surface area contributed by atoms with E-state index in [1.54, 1.807) is 0 Å². The molecule has 10 rings (SSSR count). The fourth-order valence-corrected chi connectivity index (χ4v) is 8.23. The van der Waals surface area contributed by atoms with Crippen LogP contribution in [0.1, 0.15) is 5.56 Å². The number of hydrogen-bond donors (Lipinski definition) is 0. The smallest absolute Gasteiger partial charge is 0.00201 e. The predicted octanol–water partition coefficient (Wildman–Crippen LogP) is 14.4. The third-order valence-electron chi connectivity index (χ3n) is 10.7. The summed E-state index contributed by atoms with van der Waals surface area (Å²) in [4.78, 5) is 0. The molecule has 0 atom stereocenters. The molecule has 0 aliphatic carbocycles. The van der Waals surface area contributed by atoms with Gasteiger partial charge < -0.3 is 0 Å². The van der Waals surface area contributed by atoms with Crippen LogP contribution in [0.3, 0.4) is 0 Å². The van der Waals surface area contributed by atoms with Crippen molar-refractivity contribution in [3.05, 3.63) is 194 Å². The average Bonchev–Trinajstić information content (AvgIpc) is 3.19. The first-order chi connectivity index (χ1) is 25.2. The zero-order valence-electron chi connectivity index (χ0n) is 28.4. The van der Waals surface area contributed by atoms with Gasteiger partial charge >= 0.3 is 0 Å². The molecule has 0 unspecified atom stereocenters. The fraction of sp³-hybridized carbons (Fsp3) is 0.0196. The van der Waals surface area contributed by atoms with E-state index in [0.717, 1.165) is 0 Å². The standard InChI is InChI=1S/C51H34/c1-33-19-20-38-31-41(24-23-37(38)29-33)42-27-28-48(43-26-25-40(32-49(42)43)39-22-21-34-11-5-6-14-36(34)30-39)51-46-17-9-7-15-44(46)50(35-12-3-2-4-13-35)45-16-8-10-18-47(45)51/h2-32H,1H3. The van der Waals surface area contributed by atoms with Gasteiger partial charge in [-0.25, -0.2) is 0 Å². The first-order valence-corrected chi connectivity index (χ1v) is 17.8. The second-order valence-electron chi connectivity index (χ2n) is 13.8. The predicted molar refractivity (Wildman–Crippen MR) is 220 cm³/mol. The van der Waals surface area contributed by atoms with Crippen LogP contribution in [0.2, 0.25) is 0 Å². The molecule has 0 bridgehead atoms. The van der Waals surface area contributed by atoms with E-state index in [2.05, 4.69) is 195 Å². The molecule has 0 aliphatic rings. The van der Waals surface area contributed by atoms with E-state index in [1.165, 1.54) is 104 Å². The molecule has 0 aliphatic heterocycles. The number of hydrogen-bond acceptors (Lipinski definition) is 0. The number of aryl methyl sites for hydroxylation is 1. The Kier molecular flexibility index (Phi) is 6.82. The van der Waals surface area contributed by atoms with Gasteiger partial charge in [-0.15, -0.1) is 0 Å². The van der Waals surface area contributed by atoms with E-state index < -0.39 is 0 Å². The highest BCUT2D eigenvalue weighted by atomic mass is 14.2. The molecule has 51 heavy (non-hydrogen) atoms. The van der Waals surface area contributed by atoms with Crippen LogP contribution in [0.25, 0.3) is 98.4 Å². The summed E-state index contributed by atoms with van der Waals surface area (Å²) in [5.41, 5.74) is 11.3. The van der Waals surface area contributed by atoms with Crippen LogP contribution >= 0.6 is 0 Å². The van der Waals surface area contributed by atoms with Crippen LogP contribution in [0.4, 0.5) is 0 Å². The highest BCUT2D eigenvalue weighted by Crippen LogP contribution is 2.47. The molecule has 10 aromatic carbocycles. The van der Waals surface area contributed by atoms with E-state index >= 15 is 0 Å². The summed E-state index contributed by atoms with van der Waals surface area (Å²) in [6.45, 7) is 2.16. The highest BCUT2D eigenvalue weighted by molar-refractivity contribution is 6.24. The lowest BCUT2D eigenvalue weighted by molar-refractivity contribution is 1.51. The Morgan fingerprint density at radius 2 is 0.765 bits per heavy atom. The molecule has 0 heterocycles. The van der Waals surface area contributed by atoms with Gasteiger partial charge in [-0.2, -0.15) is 0 Å². The maximum absolute atomic E-state index is 2.42. The van der Waals surface area contributed by atoms with Crippen molar-refractivity contribution in [2.45, 2.75) is 6.92 Å². The van der Waals surface area contributed by atoms with Crippen molar-refractivity contribution in [2.75, 3.05) is 0 Å². The van der Waals surface area contributed by atoms with Gasteiger partial charge in [0.2, 0.25) is 0 Å². The second-order valence-corrected chi connectivity index (χ2v) is 13.8. The van der Waals surface area contributed by atoms with E-state index in [0.29, 0.717) is 0 Å². The summed E-state index contributed by atoms with van der Waals surface area (Å²) in [7, 11) is 0. The van der Waals surface area contributed by atoms with E-state index in [9.17, 15) is 0 Å². The molecule has 0 heteroatoms. The Morgan fingerprint density at radius 1 is 0.255 bits per heavy atom. The Hall–Kier alpha value is -6.50. The molecule has 0 saturated heterocycles. The summed E-state index contributed by atoms with van der Waals surface area (Å²) in [5, 5.41) is 12.6. The van der Waals surface area contributed by atoms with E-state index in [4.69, 9.17) is 0 Å². The quantitative estimate of drug-likeness (QED) is 0.167. The monoisotopic (exact) mass is 646 g/mol. The first kappa shape index (κ1) is 29.4. The number of fused-ring (bicyclic) bond motifs is 5. The Labute approximate surface area is 297 Å². The van der Waals surface area contributed by atoms with Crippen LogP contribution < -0.4 is 0 Å². The summed E-state index contributed by atoms with van der Waals surface area (Å²) >= 11 is 0. The Balaban J connectivity index is 1.28. The molecule has 0 amide bonds. The van der Waals surface area contributed by atoms with Crippen LogP contribution in [0.5, 0.6) is 0 Å². The summed E-state index contributed by atoms with van der Waals surface area (Å²) in [6, 6.07) is 69.6. The molecule has 0 nitrogen and oxygen atoms in total. The fourth-order valence-electron chi connectivity index (χ4n) is 8.23. The Morgan fingerprint density at radius 3 is 1.53 bits per heavy atom. The molecule has 0 spiro atoms. The third kappa shape index (κ3) is 4.91. The molecular formula is C51H34. The van der Waals surface area contributed by atoms with Crippen LogP contribution in [0.15, 0.2) is 188 Å². The Bertz CT molecular complexity index is 2910. The maximum Gasteiger partial charge on any atom is -0.00201 e. The van der Waals surface area contributed by atoms with Crippen LogP contribution in [-0.2, 0) is 0 Å². The molecule has 0 N–H and O–H groups in total. The lowest BCUT2D eigenvalue weighted by Crippen LogP contribution is -1.93. The largest absolute Gasteiger partial charge is 0.0622 e. The minimum atomic E-state index is 1.22. The van der Waals surface area contributed by atoms with Gasteiger partial charge in [-0.05, 0) is 123 Å². The van der Waals surface area contributed by atoms with Crippen LogP contribution in [0, 0.1) is 6.92 Å². The number of benzene rings is 10. The summed E-state index contributed by atoms with van der Waals surface area (Å²) in [6.07, 6.45) is 0. The molecule has 10 aromatic rings. The van der Waals surface area contributed by atoms with Crippen molar-refractivity contribution in [1.82, 2.24) is 0 Å². The van der Waals surface area contributed by atoms with Gasteiger partial charge in [0.25, 0.3) is 0 Å². The second kappa shape index (κ2) is 11.8. The molecular weight excluding hydrogens is 613 g/mol. The van der Waals surface area contributed by atoms with Crippen molar-refractivity contribution in [3.63, 3.8) is 0 Å². The summed E-state index contributed by atoms with van der Waals surface area (Å²) in [5.74, 6) is 0. The molecule has 238 valence electrons. The van der Waals surface area contributed by atoms with Crippen molar-refractivity contribution in [3.8, 4) is 44.5 Å². The normalized spacial score (nSPS) is 11.6. The zero-order chi connectivity index (χ0) is 33.9. The number of rotatable bonds is 4. The first-order valence-electron chi connectivity index (χ1n) is 17.8. The third-order valence-corrected chi connectivity index (χ3v) is 10.7. The minimum Gasteiger partial charge on any atom is -0.0622 e. The zero-order valence-corrected chi connectivity index (χ0v) is 28.4. The van der Waals surface area contributed by atoms with Gasteiger partial charge in [-0.1, -0.05) is 175 Å². The van der Waals surface area contributed by atoms with Gasteiger partial charge in [0, 0.05) is 0 Å². The van der Waals surface area contributed by atoms with Crippen molar-refractivity contribution < 1.29 is 0 Å². The van der Waals surface area contributed by atoms with Gasteiger partial charge in [0.05, 0.1) is 0 Å². The molecule has 0 fully saturated rings. The highest BCUT2D eigenvalue weighted by Gasteiger charge is 2.19. The van der Waals surface area contributed by atoms with Gasteiger partial charge in [-0.3, -0.25) is 0 Å². The van der Waals surface area contributed by atoms with E-state index in [1.807, 2.05) is 0 Å².